The van der Waals surface area contributed by atoms with Gasteiger partial charge in [-0.15, -0.1) is 0 Å². The van der Waals surface area contributed by atoms with E-state index in [9.17, 15) is 0 Å². The molecular weight excluding hydrogens is 200 g/mol. The Bertz CT molecular complexity index is 356. The minimum Gasteiger partial charge on any atom is -0.368 e. The molecule has 1 aromatic heterocycles. The quantitative estimate of drug-likeness (QED) is 0.843. The fourth-order valence-corrected chi connectivity index (χ4v) is 2.38. The third kappa shape index (κ3) is 2.70. The van der Waals surface area contributed by atoms with Crippen LogP contribution in [0.3, 0.4) is 0 Å². The predicted octanol–water partition coefficient (Wildman–Crippen LogP) is 1.78. The highest BCUT2D eigenvalue weighted by molar-refractivity contribution is 5.25. The summed E-state index contributed by atoms with van der Waals surface area (Å²) in [4.78, 5) is 10.7. The maximum atomic E-state index is 5.76. The molecule has 1 heterocycles. The Morgan fingerprint density at radius 1 is 1.31 bits per heavy atom. The van der Waals surface area contributed by atoms with Gasteiger partial charge in [0.2, 0.25) is 5.95 Å². The second kappa shape index (κ2) is 4.78. The largest absolute Gasteiger partial charge is 0.368 e. The lowest BCUT2D eigenvalue weighted by atomic mass is 10.0. The van der Waals surface area contributed by atoms with Crippen LogP contribution in [0.15, 0.2) is 6.07 Å². The molecule has 0 spiro atoms. The van der Waals surface area contributed by atoms with Crippen LogP contribution in [0, 0.1) is 0 Å². The molecule has 0 bridgehead atoms. The summed E-state index contributed by atoms with van der Waals surface area (Å²) in [6.45, 7) is 0.826. The molecule has 0 aromatic carbocycles. The Labute approximate surface area is 96.9 Å². The van der Waals surface area contributed by atoms with E-state index in [4.69, 9.17) is 5.73 Å². The first-order chi connectivity index (χ1) is 7.65. The molecule has 0 aliphatic heterocycles. The monoisotopic (exact) mass is 220 g/mol. The van der Waals surface area contributed by atoms with Gasteiger partial charge in [0.1, 0.15) is 0 Å². The summed E-state index contributed by atoms with van der Waals surface area (Å²) in [5.74, 6) is 1.02. The smallest absolute Gasteiger partial charge is 0.220 e. The molecular formula is C12H20N4. The third-order valence-electron chi connectivity index (χ3n) is 3.07. The highest BCUT2D eigenvalue weighted by Crippen LogP contribution is 2.33. The van der Waals surface area contributed by atoms with E-state index in [1.165, 1.54) is 25.7 Å². The molecule has 0 unspecified atom stereocenters. The number of nitrogens with zero attached hydrogens (tertiary/aromatic N) is 3. The summed E-state index contributed by atoms with van der Waals surface area (Å²) in [7, 11) is 4.07. The minimum absolute atomic E-state index is 0.418. The van der Waals surface area contributed by atoms with Crippen LogP contribution < -0.4 is 5.73 Å². The third-order valence-corrected chi connectivity index (χ3v) is 3.07. The van der Waals surface area contributed by atoms with E-state index >= 15 is 0 Å². The van der Waals surface area contributed by atoms with Crippen molar-refractivity contribution in [2.45, 2.75) is 38.1 Å². The SMILES string of the molecule is CN(C)Cc1cc(C2CCCC2)nc(N)n1. The van der Waals surface area contributed by atoms with Gasteiger partial charge in [-0.3, -0.25) is 0 Å². The lowest BCUT2D eigenvalue weighted by molar-refractivity contribution is 0.396. The molecule has 2 N–H and O–H groups in total. The minimum atomic E-state index is 0.418. The van der Waals surface area contributed by atoms with Gasteiger partial charge in [0.15, 0.2) is 0 Å². The zero-order chi connectivity index (χ0) is 11.5. The van der Waals surface area contributed by atoms with Crippen LogP contribution in [0.1, 0.15) is 43.0 Å². The van der Waals surface area contributed by atoms with E-state index in [0.717, 1.165) is 17.9 Å². The van der Waals surface area contributed by atoms with Gasteiger partial charge < -0.3 is 10.6 Å². The second-order valence-corrected chi connectivity index (χ2v) is 4.86. The van der Waals surface area contributed by atoms with Crippen LogP contribution in [-0.2, 0) is 6.54 Å². The van der Waals surface area contributed by atoms with Crippen LogP contribution in [0.25, 0.3) is 0 Å². The van der Waals surface area contributed by atoms with Crippen molar-refractivity contribution in [2.75, 3.05) is 19.8 Å². The molecule has 4 heteroatoms. The van der Waals surface area contributed by atoms with Crippen LogP contribution >= 0.6 is 0 Å². The average Bonchev–Trinajstić information content (AvgIpc) is 2.67. The first kappa shape index (κ1) is 11.3. The number of anilines is 1. The molecule has 88 valence electrons. The number of nitrogens with two attached hydrogens (primary N) is 1. The van der Waals surface area contributed by atoms with E-state index in [2.05, 4.69) is 20.9 Å². The zero-order valence-electron chi connectivity index (χ0n) is 10.1. The van der Waals surface area contributed by atoms with E-state index in [0.29, 0.717) is 11.9 Å². The van der Waals surface area contributed by atoms with Gasteiger partial charge >= 0.3 is 0 Å². The van der Waals surface area contributed by atoms with Gasteiger partial charge in [0.05, 0.1) is 5.69 Å². The van der Waals surface area contributed by atoms with Crippen molar-refractivity contribution >= 4 is 5.95 Å². The number of hydrogen-bond acceptors (Lipinski definition) is 4. The molecule has 0 atom stereocenters. The predicted molar refractivity (Wildman–Crippen MR) is 65.0 cm³/mol. The van der Waals surface area contributed by atoms with Crippen molar-refractivity contribution in [3.63, 3.8) is 0 Å². The van der Waals surface area contributed by atoms with Crippen molar-refractivity contribution in [3.8, 4) is 0 Å². The highest BCUT2D eigenvalue weighted by atomic mass is 15.1. The van der Waals surface area contributed by atoms with E-state index in [1.807, 2.05) is 14.1 Å². The zero-order valence-corrected chi connectivity index (χ0v) is 10.1. The van der Waals surface area contributed by atoms with Crippen LogP contribution in [-0.4, -0.2) is 29.0 Å². The van der Waals surface area contributed by atoms with Crippen molar-refractivity contribution in [3.05, 3.63) is 17.5 Å². The lowest BCUT2D eigenvalue weighted by Gasteiger charge is -2.13. The van der Waals surface area contributed by atoms with Gasteiger partial charge in [0, 0.05) is 18.2 Å². The van der Waals surface area contributed by atoms with Crippen molar-refractivity contribution in [2.24, 2.45) is 0 Å². The highest BCUT2D eigenvalue weighted by Gasteiger charge is 2.19. The first-order valence-corrected chi connectivity index (χ1v) is 5.93. The number of nitrogen functional groups attached to an aromatic ring is 1. The Morgan fingerprint density at radius 2 is 2.00 bits per heavy atom. The van der Waals surface area contributed by atoms with E-state index < -0.39 is 0 Å². The Morgan fingerprint density at radius 3 is 2.62 bits per heavy atom. The molecule has 2 rings (SSSR count). The van der Waals surface area contributed by atoms with Crippen LogP contribution in [0.4, 0.5) is 5.95 Å². The maximum Gasteiger partial charge on any atom is 0.220 e. The summed E-state index contributed by atoms with van der Waals surface area (Å²) >= 11 is 0. The van der Waals surface area contributed by atoms with Crippen LogP contribution in [0.2, 0.25) is 0 Å². The van der Waals surface area contributed by atoms with Gasteiger partial charge in [-0.2, -0.15) is 0 Å². The summed E-state index contributed by atoms with van der Waals surface area (Å²) in [5, 5.41) is 0. The van der Waals surface area contributed by atoms with Gasteiger partial charge in [0.25, 0.3) is 0 Å². The van der Waals surface area contributed by atoms with Gasteiger partial charge in [-0.1, -0.05) is 12.8 Å². The topological polar surface area (TPSA) is 55.0 Å². The standard InChI is InChI=1S/C12H20N4/c1-16(2)8-10-7-11(15-12(13)14-10)9-5-3-4-6-9/h7,9H,3-6,8H2,1-2H3,(H2,13,14,15). The number of hydrogen-bond donors (Lipinski definition) is 1. The molecule has 0 radical (unpaired) electrons. The molecule has 1 aliphatic rings. The van der Waals surface area contributed by atoms with E-state index in [-0.39, 0.29) is 0 Å². The second-order valence-electron chi connectivity index (χ2n) is 4.86. The molecule has 1 aliphatic carbocycles. The molecule has 1 aromatic rings. The fraction of sp³-hybridized carbons (Fsp3) is 0.667. The summed E-state index contributed by atoms with van der Waals surface area (Å²) < 4.78 is 0. The average molecular weight is 220 g/mol. The number of aromatic nitrogens is 2. The summed E-state index contributed by atoms with van der Waals surface area (Å²) in [6.07, 6.45) is 5.13. The maximum absolute atomic E-state index is 5.76. The Balaban J connectivity index is 2.20. The fourth-order valence-electron chi connectivity index (χ4n) is 2.38. The number of rotatable bonds is 3. The molecule has 0 saturated heterocycles. The summed E-state index contributed by atoms with van der Waals surface area (Å²) in [6, 6.07) is 2.12. The molecule has 16 heavy (non-hydrogen) atoms. The van der Waals surface area contributed by atoms with Gasteiger partial charge in [-0.25, -0.2) is 9.97 Å². The van der Waals surface area contributed by atoms with Crippen molar-refractivity contribution < 1.29 is 0 Å². The van der Waals surface area contributed by atoms with Crippen molar-refractivity contribution in [1.29, 1.82) is 0 Å². The Kier molecular flexibility index (Phi) is 3.39. The normalized spacial score (nSPS) is 17.2. The molecule has 1 fully saturated rings. The lowest BCUT2D eigenvalue weighted by Crippen LogP contribution is -2.14. The molecule has 1 saturated carbocycles. The first-order valence-electron chi connectivity index (χ1n) is 5.93. The molecule has 0 amide bonds. The Hall–Kier alpha value is -1.16. The van der Waals surface area contributed by atoms with Crippen LogP contribution in [0.5, 0.6) is 0 Å². The van der Waals surface area contributed by atoms with E-state index in [1.54, 1.807) is 0 Å². The summed E-state index contributed by atoms with van der Waals surface area (Å²) in [5.41, 5.74) is 7.93. The van der Waals surface area contributed by atoms with Gasteiger partial charge in [-0.05, 0) is 33.0 Å². The molecule has 4 nitrogen and oxygen atoms in total. The van der Waals surface area contributed by atoms with Crippen molar-refractivity contribution in [1.82, 2.24) is 14.9 Å².